The van der Waals surface area contributed by atoms with E-state index in [4.69, 9.17) is 17.3 Å². The lowest BCUT2D eigenvalue weighted by Crippen LogP contribution is -2.32. The van der Waals surface area contributed by atoms with E-state index in [1.807, 2.05) is 18.2 Å². The zero-order valence-electron chi connectivity index (χ0n) is 12.1. The molecule has 22 heavy (non-hydrogen) atoms. The van der Waals surface area contributed by atoms with Crippen molar-refractivity contribution >= 4 is 23.3 Å². The number of aromatic nitrogens is 2. The molecule has 1 aromatic heterocycles. The molecule has 0 aliphatic carbocycles. The number of hydrogen-bond donors (Lipinski definition) is 1. The zero-order chi connectivity index (χ0) is 15.5. The predicted octanol–water partition coefficient (Wildman–Crippen LogP) is 2.44. The summed E-state index contributed by atoms with van der Waals surface area (Å²) in [7, 11) is 0. The van der Waals surface area contributed by atoms with E-state index in [0.29, 0.717) is 6.04 Å². The Bertz CT molecular complexity index is 674. The predicted molar refractivity (Wildman–Crippen MR) is 86.1 cm³/mol. The minimum Gasteiger partial charge on any atom is -0.364 e. The van der Waals surface area contributed by atoms with Crippen molar-refractivity contribution in [1.29, 1.82) is 0 Å². The Balaban J connectivity index is 1.78. The third kappa shape index (κ3) is 3.04. The van der Waals surface area contributed by atoms with E-state index in [1.165, 1.54) is 0 Å². The summed E-state index contributed by atoms with van der Waals surface area (Å²) >= 11 is 6.25. The van der Waals surface area contributed by atoms with Gasteiger partial charge in [0.15, 0.2) is 11.5 Å². The number of carbonyl (C=O) groups is 1. The van der Waals surface area contributed by atoms with E-state index >= 15 is 0 Å². The van der Waals surface area contributed by atoms with Crippen LogP contribution in [0.25, 0.3) is 0 Å². The second kappa shape index (κ2) is 6.32. The normalized spacial score (nSPS) is 17.7. The Kier molecular flexibility index (Phi) is 4.24. The molecule has 0 bridgehead atoms. The Morgan fingerprint density at radius 2 is 2.09 bits per heavy atom. The number of amides is 1. The minimum atomic E-state index is -0.562. The summed E-state index contributed by atoms with van der Waals surface area (Å²) in [5.74, 6) is 0.215. The summed E-state index contributed by atoms with van der Waals surface area (Å²) in [6, 6.07) is 11.7. The minimum absolute atomic E-state index is 0.186. The number of nitrogens with zero attached hydrogens (tertiary/aromatic N) is 3. The Morgan fingerprint density at radius 3 is 2.77 bits per heavy atom. The number of rotatable bonds is 4. The number of anilines is 1. The molecule has 1 aromatic carbocycles. The quantitative estimate of drug-likeness (QED) is 0.940. The second-order valence-electron chi connectivity index (χ2n) is 5.43. The average Bonchev–Trinajstić information content (AvgIpc) is 2.98. The van der Waals surface area contributed by atoms with Crippen molar-refractivity contribution in [3.8, 4) is 0 Å². The van der Waals surface area contributed by atoms with E-state index < -0.39 is 5.91 Å². The Hall–Kier alpha value is -2.14. The van der Waals surface area contributed by atoms with Gasteiger partial charge < -0.3 is 10.6 Å². The van der Waals surface area contributed by atoms with Crippen LogP contribution < -0.4 is 10.6 Å². The molecule has 114 valence electrons. The molecule has 5 nitrogen and oxygen atoms in total. The van der Waals surface area contributed by atoms with Crippen molar-refractivity contribution in [2.45, 2.75) is 25.3 Å². The lowest BCUT2D eigenvalue weighted by Gasteiger charge is -2.25. The van der Waals surface area contributed by atoms with Gasteiger partial charge in [-0.25, -0.2) is 0 Å². The highest BCUT2D eigenvalue weighted by Crippen LogP contribution is 2.28. The van der Waals surface area contributed by atoms with Crippen LogP contribution in [0.5, 0.6) is 0 Å². The smallest absolute Gasteiger partial charge is 0.269 e. The summed E-state index contributed by atoms with van der Waals surface area (Å²) in [6.45, 7) is 0.930. The van der Waals surface area contributed by atoms with Gasteiger partial charge in [0.05, 0.1) is 0 Å². The molecule has 6 heteroatoms. The molecular weight excluding hydrogens is 300 g/mol. The van der Waals surface area contributed by atoms with Crippen LogP contribution in [-0.4, -0.2) is 28.7 Å². The number of primary amides is 1. The van der Waals surface area contributed by atoms with Gasteiger partial charge >= 0.3 is 0 Å². The highest BCUT2D eigenvalue weighted by molar-refractivity contribution is 6.31. The van der Waals surface area contributed by atoms with Gasteiger partial charge in [-0.1, -0.05) is 29.8 Å². The molecule has 0 radical (unpaired) electrons. The standard InChI is InChI=1S/C16H17ClN4O/c17-13-6-2-1-4-11(13)10-12-5-3-9-21(12)15-8-7-14(16(18)22)19-20-15/h1-2,4,6-8,12H,3,5,9-10H2,(H2,18,22)/t12-/m1/s1. The number of carbonyl (C=O) groups excluding carboxylic acids is 1. The highest BCUT2D eigenvalue weighted by atomic mass is 35.5. The van der Waals surface area contributed by atoms with E-state index in [1.54, 1.807) is 12.1 Å². The number of nitrogens with two attached hydrogens (primary N) is 1. The maximum Gasteiger partial charge on any atom is 0.269 e. The largest absolute Gasteiger partial charge is 0.364 e. The molecule has 1 amide bonds. The number of benzene rings is 1. The van der Waals surface area contributed by atoms with Gasteiger partial charge in [-0.2, -0.15) is 0 Å². The second-order valence-corrected chi connectivity index (χ2v) is 5.83. The fraction of sp³-hybridized carbons (Fsp3) is 0.312. The zero-order valence-corrected chi connectivity index (χ0v) is 12.8. The van der Waals surface area contributed by atoms with Gasteiger partial charge in [0, 0.05) is 17.6 Å². The molecule has 1 atom stereocenters. The first-order valence-corrected chi connectivity index (χ1v) is 7.66. The van der Waals surface area contributed by atoms with Crippen molar-refractivity contribution in [3.63, 3.8) is 0 Å². The lowest BCUT2D eigenvalue weighted by molar-refractivity contribution is 0.0994. The molecule has 0 spiro atoms. The molecule has 1 aliphatic heterocycles. The third-order valence-corrected chi connectivity index (χ3v) is 4.36. The Labute approximate surface area is 134 Å². The molecule has 2 aromatic rings. The van der Waals surface area contributed by atoms with Gasteiger partial charge in [0.25, 0.3) is 5.91 Å². The highest BCUT2D eigenvalue weighted by Gasteiger charge is 2.26. The van der Waals surface area contributed by atoms with Crippen molar-refractivity contribution < 1.29 is 4.79 Å². The first-order chi connectivity index (χ1) is 10.6. The van der Waals surface area contributed by atoms with Crippen molar-refractivity contribution in [1.82, 2.24) is 10.2 Å². The van der Waals surface area contributed by atoms with Crippen molar-refractivity contribution in [2.24, 2.45) is 5.73 Å². The molecule has 2 N–H and O–H groups in total. The van der Waals surface area contributed by atoms with Crippen LogP contribution in [0, 0.1) is 0 Å². The molecule has 1 saturated heterocycles. The van der Waals surface area contributed by atoms with Gasteiger partial charge in [-0.15, -0.1) is 10.2 Å². The molecule has 2 heterocycles. The molecular formula is C16H17ClN4O. The summed E-state index contributed by atoms with van der Waals surface area (Å²) in [5.41, 5.74) is 6.52. The fourth-order valence-electron chi connectivity index (χ4n) is 2.88. The summed E-state index contributed by atoms with van der Waals surface area (Å²) in [6.07, 6.45) is 3.07. The first-order valence-electron chi connectivity index (χ1n) is 7.29. The molecule has 1 aliphatic rings. The van der Waals surface area contributed by atoms with Crippen molar-refractivity contribution in [3.05, 3.63) is 52.7 Å². The lowest BCUT2D eigenvalue weighted by atomic mass is 10.0. The van der Waals surface area contributed by atoms with Crippen LogP contribution in [0.3, 0.4) is 0 Å². The van der Waals surface area contributed by atoms with Gasteiger partial charge in [-0.05, 0) is 43.0 Å². The van der Waals surface area contributed by atoms with Crippen LogP contribution in [-0.2, 0) is 6.42 Å². The van der Waals surface area contributed by atoms with E-state index in [2.05, 4.69) is 21.2 Å². The van der Waals surface area contributed by atoms with Crippen molar-refractivity contribution in [2.75, 3.05) is 11.4 Å². The van der Waals surface area contributed by atoms with E-state index in [9.17, 15) is 4.79 Å². The van der Waals surface area contributed by atoms with Crippen LogP contribution in [0.1, 0.15) is 28.9 Å². The number of halogens is 1. The molecule has 3 rings (SSSR count). The van der Waals surface area contributed by atoms with Crippen LogP contribution in [0.4, 0.5) is 5.82 Å². The summed E-state index contributed by atoms with van der Waals surface area (Å²) < 4.78 is 0. The Morgan fingerprint density at radius 1 is 1.27 bits per heavy atom. The SMILES string of the molecule is NC(=O)c1ccc(N2CCC[C@@H]2Cc2ccccc2Cl)nn1. The van der Waals surface area contributed by atoms with Crippen LogP contribution in [0.15, 0.2) is 36.4 Å². The summed E-state index contributed by atoms with van der Waals surface area (Å²) in [5, 5.41) is 8.82. The van der Waals surface area contributed by atoms with Crippen LogP contribution >= 0.6 is 11.6 Å². The average molecular weight is 317 g/mol. The summed E-state index contributed by atoms with van der Waals surface area (Å²) in [4.78, 5) is 13.3. The maximum absolute atomic E-state index is 11.1. The van der Waals surface area contributed by atoms with E-state index in [0.717, 1.165) is 42.2 Å². The van der Waals surface area contributed by atoms with Crippen LogP contribution in [0.2, 0.25) is 5.02 Å². The first kappa shape index (κ1) is 14.8. The van der Waals surface area contributed by atoms with Gasteiger partial charge in [0.2, 0.25) is 0 Å². The maximum atomic E-state index is 11.1. The topological polar surface area (TPSA) is 72.1 Å². The molecule has 0 unspecified atom stereocenters. The number of hydrogen-bond acceptors (Lipinski definition) is 4. The van der Waals surface area contributed by atoms with Gasteiger partial charge in [-0.3, -0.25) is 4.79 Å². The van der Waals surface area contributed by atoms with Gasteiger partial charge in [0.1, 0.15) is 0 Å². The monoisotopic (exact) mass is 316 g/mol. The third-order valence-electron chi connectivity index (χ3n) is 3.99. The molecule has 1 fully saturated rings. The molecule has 0 saturated carbocycles. The fourth-order valence-corrected chi connectivity index (χ4v) is 3.09. The van der Waals surface area contributed by atoms with E-state index in [-0.39, 0.29) is 5.69 Å².